The van der Waals surface area contributed by atoms with Crippen molar-refractivity contribution in [3.8, 4) is 11.1 Å². The molecule has 0 atom stereocenters. The van der Waals surface area contributed by atoms with Gasteiger partial charge in [0, 0.05) is 19.3 Å². The Morgan fingerprint density at radius 3 is 2.65 bits per heavy atom. The number of likely N-dealkylation sites (tertiary alicyclic amines) is 1. The summed E-state index contributed by atoms with van der Waals surface area (Å²) in [7, 11) is 0. The highest BCUT2D eigenvalue weighted by Gasteiger charge is 2.23. The van der Waals surface area contributed by atoms with Gasteiger partial charge in [-0.3, -0.25) is 20.2 Å². The Balaban J connectivity index is 1.71. The van der Waals surface area contributed by atoms with Gasteiger partial charge in [-0.25, -0.2) is 0 Å². The molecule has 0 radical (unpaired) electrons. The number of rotatable bonds is 1. The molecule has 2 aromatic heterocycles. The lowest BCUT2D eigenvalue weighted by Crippen LogP contribution is -2.40. The van der Waals surface area contributed by atoms with Crippen molar-refractivity contribution in [3.05, 3.63) is 42.0 Å². The van der Waals surface area contributed by atoms with E-state index in [-0.39, 0.29) is 23.2 Å². The van der Waals surface area contributed by atoms with Gasteiger partial charge in [-0.05, 0) is 48.2 Å². The van der Waals surface area contributed by atoms with Gasteiger partial charge in [0.05, 0.1) is 0 Å². The summed E-state index contributed by atoms with van der Waals surface area (Å²) < 4.78 is 6.66. The Labute approximate surface area is 148 Å². The second kappa shape index (κ2) is 6.14. The first kappa shape index (κ1) is 16.1. The number of nitrogens with zero attached hydrogens (tertiary/aromatic N) is 3. The number of anilines is 1. The Morgan fingerprint density at radius 1 is 1.15 bits per heavy atom. The molecule has 26 heavy (non-hydrogen) atoms. The molecule has 1 aliphatic rings. The molecule has 3 aromatic rings. The number of nitrogens with two attached hydrogens (primary N) is 1. The number of nitrogens with one attached hydrogen (secondary N) is 2. The van der Waals surface area contributed by atoms with Crippen molar-refractivity contribution in [2.24, 2.45) is 0 Å². The number of nitrogen functional groups attached to an aromatic ring is 1. The molecule has 1 fully saturated rings. The van der Waals surface area contributed by atoms with Gasteiger partial charge in [0.15, 0.2) is 11.4 Å². The molecule has 8 nitrogen and oxygen atoms in total. The van der Waals surface area contributed by atoms with Gasteiger partial charge in [-0.1, -0.05) is 6.07 Å². The number of aromatic nitrogens is 2. The minimum absolute atomic E-state index is 0.0799. The molecule has 1 aliphatic heterocycles. The highest BCUT2D eigenvalue weighted by molar-refractivity contribution is 6.37. The maximum atomic E-state index is 12.5. The van der Waals surface area contributed by atoms with E-state index in [1.807, 2.05) is 6.07 Å². The molecular weight excluding hydrogens is 332 g/mol. The van der Waals surface area contributed by atoms with E-state index in [2.05, 4.69) is 4.98 Å². The zero-order valence-corrected chi connectivity index (χ0v) is 14.0. The van der Waals surface area contributed by atoms with Crippen molar-refractivity contribution in [1.82, 2.24) is 14.5 Å². The highest BCUT2D eigenvalue weighted by Crippen LogP contribution is 2.25. The minimum Gasteiger partial charge on any atom is -0.424 e. The van der Waals surface area contributed by atoms with Gasteiger partial charge in [0.1, 0.15) is 11.0 Å². The van der Waals surface area contributed by atoms with Crippen LogP contribution in [0, 0.1) is 10.8 Å². The molecule has 4 rings (SSSR count). The van der Waals surface area contributed by atoms with E-state index in [9.17, 15) is 4.79 Å². The molecule has 4 N–H and O–H groups in total. The Kier molecular flexibility index (Phi) is 3.80. The summed E-state index contributed by atoms with van der Waals surface area (Å²) in [5, 5.41) is 16.3. The molecule has 1 amide bonds. The lowest BCUT2D eigenvalue weighted by atomic mass is 10.1. The fourth-order valence-electron chi connectivity index (χ4n) is 3.15. The average Bonchev–Trinajstić information content (AvgIpc) is 3.28. The first-order valence-electron chi connectivity index (χ1n) is 8.35. The number of hydrogen-bond acceptors (Lipinski definition) is 6. The molecule has 0 aliphatic carbocycles. The van der Waals surface area contributed by atoms with E-state index in [0.29, 0.717) is 24.2 Å². The highest BCUT2D eigenvalue weighted by atomic mass is 16.4. The first-order valence-corrected chi connectivity index (χ1v) is 8.35. The van der Waals surface area contributed by atoms with Crippen molar-refractivity contribution in [2.75, 3.05) is 18.8 Å². The van der Waals surface area contributed by atoms with Crippen LogP contribution in [0.15, 0.2) is 40.9 Å². The van der Waals surface area contributed by atoms with Crippen LogP contribution in [0.3, 0.4) is 0 Å². The molecular formula is C18H18N6O2. The average molecular weight is 350 g/mol. The number of benzene rings is 1. The predicted molar refractivity (Wildman–Crippen MR) is 96.6 cm³/mol. The zero-order valence-electron chi connectivity index (χ0n) is 14.0. The first-order chi connectivity index (χ1) is 12.5. The largest absolute Gasteiger partial charge is 0.424 e. The topological polar surface area (TPSA) is 125 Å². The SMILES string of the molecule is N=C(C(=O)N1CCCC1)n1cc(-c2ccc3nc(N)oc3c2)ccc1=N. The maximum absolute atomic E-state index is 12.5. The van der Waals surface area contributed by atoms with Gasteiger partial charge in [-0.2, -0.15) is 4.98 Å². The summed E-state index contributed by atoms with van der Waals surface area (Å²) in [6.07, 6.45) is 3.54. The molecule has 8 heteroatoms. The fourth-order valence-corrected chi connectivity index (χ4v) is 3.15. The van der Waals surface area contributed by atoms with E-state index >= 15 is 0 Å². The van der Waals surface area contributed by atoms with Crippen LogP contribution in [-0.4, -0.2) is 39.3 Å². The Bertz CT molecular complexity index is 1070. The second-order valence-electron chi connectivity index (χ2n) is 6.26. The molecule has 0 bridgehead atoms. The predicted octanol–water partition coefficient (Wildman–Crippen LogP) is 1.81. The van der Waals surface area contributed by atoms with E-state index in [1.165, 1.54) is 4.57 Å². The normalized spacial score (nSPS) is 14.1. The van der Waals surface area contributed by atoms with Gasteiger partial charge in [0.2, 0.25) is 0 Å². The summed E-state index contributed by atoms with van der Waals surface area (Å²) in [4.78, 5) is 18.2. The zero-order chi connectivity index (χ0) is 18.3. The van der Waals surface area contributed by atoms with E-state index in [4.69, 9.17) is 21.0 Å². The van der Waals surface area contributed by atoms with Gasteiger partial charge >= 0.3 is 0 Å². The van der Waals surface area contributed by atoms with Crippen molar-refractivity contribution in [3.63, 3.8) is 0 Å². The molecule has 0 unspecified atom stereocenters. The maximum Gasteiger partial charge on any atom is 0.292 e. The lowest BCUT2D eigenvalue weighted by molar-refractivity contribution is -0.123. The number of amides is 1. The van der Waals surface area contributed by atoms with Crippen LogP contribution in [0.2, 0.25) is 0 Å². The van der Waals surface area contributed by atoms with Gasteiger partial charge in [0.25, 0.3) is 11.9 Å². The fraction of sp³-hybridized carbons (Fsp3) is 0.222. The Morgan fingerprint density at radius 2 is 1.88 bits per heavy atom. The standard InChI is InChI=1S/C18H18N6O2/c19-15-6-4-12(11-3-5-13-14(9-11)26-18(21)22-13)10-24(15)16(20)17(25)23-7-1-2-8-23/h3-6,9-10,19-20H,1-2,7-8H2,(H2,21,22). The minimum atomic E-state index is -0.350. The summed E-state index contributed by atoms with van der Waals surface area (Å²) in [6.45, 7) is 1.33. The van der Waals surface area contributed by atoms with E-state index in [0.717, 1.165) is 24.0 Å². The number of pyridine rings is 1. The molecule has 0 saturated carbocycles. The van der Waals surface area contributed by atoms with Crippen LogP contribution in [0.4, 0.5) is 6.01 Å². The number of carbonyl (C=O) groups is 1. The van der Waals surface area contributed by atoms with Gasteiger partial charge < -0.3 is 15.1 Å². The number of oxazole rings is 1. The van der Waals surface area contributed by atoms with E-state index in [1.54, 1.807) is 35.4 Å². The third kappa shape index (κ3) is 2.75. The summed E-state index contributed by atoms with van der Waals surface area (Å²) in [6, 6.07) is 8.90. The second-order valence-corrected chi connectivity index (χ2v) is 6.26. The molecule has 0 spiro atoms. The summed E-state index contributed by atoms with van der Waals surface area (Å²) >= 11 is 0. The Hall–Kier alpha value is -3.42. The third-order valence-electron chi connectivity index (χ3n) is 4.52. The molecule has 1 aromatic carbocycles. The van der Waals surface area contributed by atoms with Crippen molar-refractivity contribution in [2.45, 2.75) is 12.8 Å². The van der Waals surface area contributed by atoms with Crippen LogP contribution < -0.4 is 11.2 Å². The monoisotopic (exact) mass is 350 g/mol. The summed E-state index contributed by atoms with van der Waals surface area (Å²) in [5.74, 6) is -0.569. The van der Waals surface area contributed by atoms with Crippen molar-refractivity contribution in [1.29, 1.82) is 10.8 Å². The van der Waals surface area contributed by atoms with Crippen LogP contribution in [0.1, 0.15) is 12.8 Å². The lowest BCUT2D eigenvalue weighted by Gasteiger charge is -2.17. The molecule has 132 valence electrons. The van der Waals surface area contributed by atoms with E-state index < -0.39 is 0 Å². The van der Waals surface area contributed by atoms with Crippen LogP contribution >= 0.6 is 0 Å². The molecule has 1 saturated heterocycles. The summed E-state index contributed by atoms with van der Waals surface area (Å²) in [5.41, 5.74) is 8.46. The quantitative estimate of drug-likeness (QED) is 0.457. The van der Waals surface area contributed by atoms with Crippen LogP contribution in [-0.2, 0) is 4.79 Å². The van der Waals surface area contributed by atoms with Crippen molar-refractivity contribution < 1.29 is 9.21 Å². The number of carbonyl (C=O) groups excluding carboxylic acids is 1. The molecule has 3 heterocycles. The van der Waals surface area contributed by atoms with Crippen LogP contribution in [0.5, 0.6) is 0 Å². The number of hydrogen-bond donors (Lipinski definition) is 3. The van der Waals surface area contributed by atoms with Crippen molar-refractivity contribution >= 4 is 28.9 Å². The van der Waals surface area contributed by atoms with Crippen LogP contribution in [0.25, 0.3) is 22.2 Å². The smallest absolute Gasteiger partial charge is 0.292 e. The third-order valence-corrected chi connectivity index (χ3v) is 4.52. The van der Waals surface area contributed by atoms with Gasteiger partial charge in [-0.15, -0.1) is 0 Å². The number of fused-ring (bicyclic) bond motifs is 1.